The summed E-state index contributed by atoms with van der Waals surface area (Å²) in [7, 11) is 0. The summed E-state index contributed by atoms with van der Waals surface area (Å²) in [5, 5.41) is 8.53. The Kier molecular flexibility index (Phi) is 2.80. The summed E-state index contributed by atoms with van der Waals surface area (Å²) >= 11 is 0. The zero-order chi connectivity index (χ0) is 9.84. The molecule has 1 aromatic carbocycles. The van der Waals surface area contributed by atoms with Crippen LogP contribution < -0.4 is 0 Å². The summed E-state index contributed by atoms with van der Waals surface area (Å²) in [6, 6.07) is 4.05. The highest BCUT2D eigenvalue weighted by atomic mass is 19.1. The van der Waals surface area contributed by atoms with Gasteiger partial charge in [0.1, 0.15) is 5.82 Å². The molecular formula is C10H9FO2. The molecule has 2 nitrogen and oxygen atoms in total. The first-order valence-electron chi connectivity index (χ1n) is 3.77. The average Bonchev–Trinajstić information content (AvgIpc) is 2.04. The Hall–Kier alpha value is -1.64. The molecule has 0 aliphatic carbocycles. The number of carboxylic acid groups (broad SMARTS) is 1. The molecule has 0 atom stereocenters. The van der Waals surface area contributed by atoms with Crippen LogP contribution in [-0.4, -0.2) is 11.1 Å². The van der Waals surface area contributed by atoms with E-state index in [1.54, 1.807) is 12.1 Å². The summed E-state index contributed by atoms with van der Waals surface area (Å²) in [6.07, 6.45) is 2.17. The van der Waals surface area contributed by atoms with Crippen molar-refractivity contribution in [1.82, 2.24) is 0 Å². The number of halogens is 1. The monoisotopic (exact) mass is 180 g/mol. The molecule has 0 saturated heterocycles. The Morgan fingerprint density at radius 1 is 1.62 bits per heavy atom. The van der Waals surface area contributed by atoms with Crippen molar-refractivity contribution < 1.29 is 14.3 Å². The van der Waals surface area contributed by atoms with E-state index in [4.69, 9.17) is 5.11 Å². The van der Waals surface area contributed by atoms with Crippen LogP contribution in [0.4, 0.5) is 4.39 Å². The first-order valence-corrected chi connectivity index (χ1v) is 3.77. The van der Waals surface area contributed by atoms with Crippen LogP contribution in [0.25, 0.3) is 0 Å². The lowest BCUT2D eigenvalue weighted by Crippen LogP contribution is -2.00. The Balaban J connectivity index is 3.05. The molecule has 0 bridgehead atoms. The minimum Gasteiger partial charge on any atom is -0.478 e. The maximum absolute atomic E-state index is 13.0. The number of hydrogen-bond acceptors (Lipinski definition) is 1. The zero-order valence-corrected chi connectivity index (χ0v) is 6.96. The van der Waals surface area contributed by atoms with Gasteiger partial charge in [0.25, 0.3) is 0 Å². The van der Waals surface area contributed by atoms with Gasteiger partial charge in [0.05, 0.1) is 5.56 Å². The quantitative estimate of drug-likeness (QED) is 0.724. The minimum atomic E-state index is -1.25. The van der Waals surface area contributed by atoms with Crippen molar-refractivity contribution >= 4 is 5.97 Å². The van der Waals surface area contributed by atoms with Crippen LogP contribution in [0.15, 0.2) is 30.9 Å². The molecule has 1 aromatic rings. The van der Waals surface area contributed by atoms with Crippen molar-refractivity contribution in [2.24, 2.45) is 0 Å². The topological polar surface area (TPSA) is 37.3 Å². The molecule has 0 aliphatic heterocycles. The zero-order valence-electron chi connectivity index (χ0n) is 6.96. The molecule has 0 saturated carbocycles. The highest BCUT2D eigenvalue weighted by Crippen LogP contribution is 2.11. The van der Waals surface area contributed by atoms with Crippen molar-refractivity contribution in [2.45, 2.75) is 6.42 Å². The number of benzene rings is 1. The van der Waals surface area contributed by atoms with Crippen molar-refractivity contribution in [1.29, 1.82) is 0 Å². The highest BCUT2D eigenvalue weighted by molar-refractivity contribution is 5.87. The van der Waals surface area contributed by atoms with Crippen LogP contribution in [0, 0.1) is 5.82 Å². The van der Waals surface area contributed by atoms with Crippen molar-refractivity contribution in [3.63, 3.8) is 0 Å². The second-order valence-electron chi connectivity index (χ2n) is 2.61. The Bertz CT molecular complexity index is 345. The van der Waals surface area contributed by atoms with Gasteiger partial charge in [-0.3, -0.25) is 0 Å². The first-order chi connectivity index (χ1) is 6.15. The van der Waals surface area contributed by atoms with Gasteiger partial charge in [0.2, 0.25) is 0 Å². The maximum atomic E-state index is 13.0. The van der Waals surface area contributed by atoms with Gasteiger partial charge in [-0.25, -0.2) is 9.18 Å². The van der Waals surface area contributed by atoms with E-state index in [9.17, 15) is 9.18 Å². The third kappa shape index (κ3) is 2.15. The standard InChI is InChI=1S/C10H9FO2/c1-2-3-7-4-5-8(10(12)13)9(11)6-7/h2,4-6H,1,3H2,(H,12,13). The highest BCUT2D eigenvalue weighted by Gasteiger charge is 2.09. The maximum Gasteiger partial charge on any atom is 0.338 e. The molecule has 3 heteroatoms. The molecule has 0 heterocycles. The number of carboxylic acids is 1. The molecule has 1 rings (SSSR count). The molecule has 0 aliphatic rings. The van der Waals surface area contributed by atoms with Gasteiger partial charge >= 0.3 is 5.97 Å². The summed E-state index contributed by atoms with van der Waals surface area (Å²) in [4.78, 5) is 10.4. The van der Waals surface area contributed by atoms with E-state index in [1.165, 1.54) is 12.1 Å². The van der Waals surface area contributed by atoms with E-state index < -0.39 is 11.8 Å². The number of aromatic carboxylic acids is 1. The lowest BCUT2D eigenvalue weighted by molar-refractivity contribution is 0.0692. The van der Waals surface area contributed by atoms with E-state index >= 15 is 0 Å². The predicted molar refractivity (Wildman–Crippen MR) is 47.3 cm³/mol. The van der Waals surface area contributed by atoms with Gasteiger partial charge in [-0.05, 0) is 24.1 Å². The number of rotatable bonds is 3. The third-order valence-electron chi connectivity index (χ3n) is 1.64. The minimum absolute atomic E-state index is 0.298. The summed E-state index contributed by atoms with van der Waals surface area (Å²) in [5.74, 6) is -1.95. The molecule has 0 unspecified atom stereocenters. The van der Waals surface area contributed by atoms with Crippen LogP contribution in [0.3, 0.4) is 0 Å². The molecule has 0 spiro atoms. The summed E-state index contributed by atoms with van der Waals surface area (Å²) < 4.78 is 13.0. The fourth-order valence-corrected chi connectivity index (χ4v) is 1.03. The number of carbonyl (C=O) groups is 1. The fourth-order valence-electron chi connectivity index (χ4n) is 1.03. The predicted octanol–water partition coefficient (Wildman–Crippen LogP) is 2.25. The first kappa shape index (κ1) is 9.45. The third-order valence-corrected chi connectivity index (χ3v) is 1.64. The molecule has 1 N–H and O–H groups in total. The Labute approximate surface area is 75.3 Å². The number of allylic oxidation sites excluding steroid dienone is 1. The molecule has 0 amide bonds. The van der Waals surface area contributed by atoms with E-state index in [1.807, 2.05) is 0 Å². The van der Waals surface area contributed by atoms with Crippen LogP contribution in [0.5, 0.6) is 0 Å². The van der Waals surface area contributed by atoms with Gasteiger partial charge in [-0.1, -0.05) is 12.1 Å². The molecule has 0 aromatic heterocycles. The van der Waals surface area contributed by atoms with Gasteiger partial charge in [-0.2, -0.15) is 0 Å². The Morgan fingerprint density at radius 3 is 2.77 bits per heavy atom. The molecule has 0 radical (unpaired) electrons. The molecule has 68 valence electrons. The molecule has 0 fully saturated rings. The van der Waals surface area contributed by atoms with E-state index in [-0.39, 0.29) is 5.56 Å². The number of hydrogen-bond donors (Lipinski definition) is 1. The van der Waals surface area contributed by atoms with E-state index in [0.717, 1.165) is 5.56 Å². The van der Waals surface area contributed by atoms with Crippen LogP contribution in [0.1, 0.15) is 15.9 Å². The summed E-state index contributed by atoms with van der Waals surface area (Å²) in [5.41, 5.74) is 0.422. The SMILES string of the molecule is C=CCc1ccc(C(=O)O)c(F)c1. The lowest BCUT2D eigenvalue weighted by Gasteiger charge is -1.99. The van der Waals surface area contributed by atoms with E-state index in [0.29, 0.717) is 6.42 Å². The normalized spacial score (nSPS) is 9.62. The molecule has 13 heavy (non-hydrogen) atoms. The van der Waals surface area contributed by atoms with Gasteiger partial charge in [-0.15, -0.1) is 6.58 Å². The summed E-state index contributed by atoms with van der Waals surface area (Å²) in [6.45, 7) is 3.50. The second kappa shape index (κ2) is 3.85. The van der Waals surface area contributed by atoms with Crippen LogP contribution in [-0.2, 0) is 6.42 Å². The van der Waals surface area contributed by atoms with Gasteiger partial charge in [0, 0.05) is 0 Å². The van der Waals surface area contributed by atoms with Gasteiger partial charge < -0.3 is 5.11 Å². The van der Waals surface area contributed by atoms with Crippen molar-refractivity contribution in [3.05, 3.63) is 47.8 Å². The van der Waals surface area contributed by atoms with Gasteiger partial charge in [0.15, 0.2) is 0 Å². The second-order valence-corrected chi connectivity index (χ2v) is 2.61. The fraction of sp³-hybridized carbons (Fsp3) is 0.100. The Morgan fingerprint density at radius 2 is 2.31 bits per heavy atom. The van der Waals surface area contributed by atoms with Crippen LogP contribution >= 0.6 is 0 Å². The largest absolute Gasteiger partial charge is 0.478 e. The smallest absolute Gasteiger partial charge is 0.338 e. The molecular weight excluding hydrogens is 171 g/mol. The lowest BCUT2D eigenvalue weighted by atomic mass is 10.1. The van der Waals surface area contributed by atoms with Crippen molar-refractivity contribution in [2.75, 3.05) is 0 Å². The average molecular weight is 180 g/mol. The van der Waals surface area contributed by atoms with Crippen LogP contribution in [0.2, 0.25) is 0 Å². The van der Waals surface area contributed by atoms with E-state index in [2.05, 4.69) is 6.58 Å². The van der Waals surface area contributed by atoms with Crippen molar-refractivity contribution in [3.8, 4) is 0 Å².